The maximum Gasteiger partial charge on any atom is 0.316 e. The molecule has 4 rings (SSSR count). The summed E-state index contributed by atoms with van der Waals surface area (Å²) in [5.41, 5.74) is 2.18. The third-order valence-corrected chi connectivity index (χ3v) is 5.92. The molecule has 2 fully saturated rings. The van der Waals surface area contributed by atoms with Gasteiger partial charge in [0.2, 0.25) is 17.7 Å². The highest BCUT2D eigenvalue weighted by Gasteiger charge is 2.38. The zero-order valence-electron chi connectivity index (χ0n) is 17.5. The first-order chi connectivity index (χ1) is 14.8. The number of anilines is 1. The number of carbonyl (C=O) groups excluding carboxylic acids is 4. The maximum atomic E-state index is 12.7. The van der Waals surface area contributed by atoms with Crippen molar-refractivity contribution in [2.75, 3.05) is 11.4 Å². The fourth-order valence-corrected chi connectivity index (χ4v) is 4.16. The van der Waals surface area contributed by atoms with E-state index in [-0.39, 0.29) is 43.0 Å². The molecule has 7 nitrogen and oxygen atoms in total. The van der Waals surface area contributed by atoms with E-state index < -0.39 is 11.9 Å². The van der Waals surface area contributed by atoms with Gasteiger partial charge in [-0.1, -0.05) is 30.3 Å². The van der Waals surface area contributed by atoms with E-state index in [2.05, 4.69) is 0 Å². The smallest absolute Gasteiger partial charge is 0.316 e. The van der Waals surface area contributed by atoms with Crippen molar-refractivity contribution in [2.45, 2.75) is 39.2 Å². The number of nitrogens with zero attached hydrogens (tertiary/aromatic N) is 2. The number of esters is 1. The molecule has 160 valence electrons. The molecule has 2 atom stereocenters. The number of ether oxygens (including phenoxy) is 1. The summed E-state index contributed by atoms with van der Waals surface area (Å²) in [5.74, 6) is -1.20. The minimum atomic E-state index is -0.541. The standard InChI is InChI=1S/C24H24N2O5/c1-15-12-19(8-9-20(15)26-21(27)10-11-22(26)28)31-24(30)18-13-23(29)25(14-18)16(2)17-6-4-3-5-7-17/h3-9,12,16,18H,10-11,13-14H2,1-2H3/t16-,18-/m1/s1. The molecule has 2 saturated heterocycles. The lowest BCUT2D eigenvalue weighted by Crippen LogP contribution is -2.30. The van der Waals surface area contributed by atoms with Crippen molar-refractivity contribution in [1.29, 1.82) is 0 Å². The van der Waals surface area contributed by atoms with Crippen molar-refractivity contribution >= 4 is 29.4 Å². The zero-order chi connectivity index (χ0) is 22.1. The summed E-state index contributed by atoms with van der Waals surface area (Å²) in [4.78, 5) is 52.1. The van der Waals surface area contributed by atoms with E-state index in [4.69, 9.17) is 4.74 Å². The molecule has 0 aromatic heterocycles. The molecule has 31 heavy (non-hydrogen) atoms. The molecule has 0 unspecified atom stereocenters. The summed E-state index contributed by atoms with van der Waals surface area (Å²) in [6.45, 7) is 4.01. The van der Waals surface area contributed by atoms with Gasteiger partial charge in [-0.3, -0.25) is 24.1 Å². The molecular formula is C24H24N2O5. The second kappa shape index (κ2) is 8.34. The van der Waals surface area contributed by atoms with Gasteiger partial charge in [-0.15, -0.1) is 0 Å². The van der Waals surface area contributed by atoms with E-state index >= 15 is 0 Å². The fourth-order valence-electron chi connectivity index (χ4n) is 4.16. The van der Waals surface area contributed by atoms with Crippen LogP contribution in [0.4, 0.5) is 5.69 Å². The van der Waals surface area contributed by atoms with Gasteiger partial charge in [0.1, 0.15) is 5.75 Å². The van der Waals surface area contributed by atoms with E-state index in [0.29, 0.717) is 23.5 Å². The van der Waals surface area contributed by atoms with Gasteiger partial charge in [0, 0.05) is 25.8 Å². The Labute approximate surface area is 180 Å². The van der Waals surface area contributed by atoms with Crippen LogP contribution in [-0.4, -0.2) is 35.1 Å². The Morgan fingerprint density at radius 3 is 2.32 bits per heavy atom. The average molecular weight is 420 g/mol. The van der Waals surface area contributed by atoms with Gasteiger partial charge in [0.05, 0.1) is 17.6 Å². The second-order valence-electron chi connectivity index (χ2n) is 8.03. The average Bonchev–Trinajstić information content (AvgIpc) is 3.30. The Morgan fingerprint density at radius 1 is 1.00 bits per heavy atom. The first-order valence-corrected chi connectivity index (χ1v) is 10.4. The molecule has 3 amide bonds. The molecule has 0 saturated carbocycles. The van der Waals surface area contributed by atoms with Crippen LogP contribution in [0.15, 0.2) is 48.5 Å². The number of benzene rings is 2. The van der Waals surface area contributed by atoms with Crippen LogP contribution in [0.5, 0.6) is 5.75 Å². The minimum absolute atomic E-state index is 0.0733. The van der Waals surface area contributed by atoms with E-state index in [0.717, 1.165) is 5.56 Å². The van der Waals surface area contributed by atoms with Crippen LogP contribution in [-0.2, 0) is 19.2 Å². The molecule has 2 aliphatic rings. The third-order valence-electron chi connectivity index (χ3n) is 5.92. The molecule has 0 radical (unpaired) electrons. The summed E-state index contributed by atoms with van der Waals surface area (Å²) >= 11 is 0. The van der Waals surface area contributed by atoms with Crippen LogP contribution in [0.25, 0.3) is 0 Å². The monoisotopic (exact) mass is 420 g/mol. The highest BCUT2D eigenvalue weighted by atomic mass is 16.5. The van der Waals surface area contributed by atoms with Crippen molar-refractivity contribution in [1.82, 2.24) is 4.90 Å². The number of hydrogen-bond donors (Lipinski definition) is 0. The van der Waals surface area contributed by atoms with Crippen LogP contribution in [0.1, 0.15) is 43.4 Å². The van der Waals surface area contributed by atoms with Gasteiger partial charge >= 0.3 is 5.97 Å². The zero-order valence-corrected chi connectivity index (χ0v) is 17.5. The van der Waals surface area contributed by atoms with Gasteiger partial charge in [0.15, 0.2) is 0 Å². The summed E-state index contributed by atoms with van der Waals surface area (Å²) in [5, 5.41) is 0. The van der Waals surface area contributed by atoms with Crippen LogP contribution in [0.2, 0.25) is 0 Å². The first-order valence-electron chi connectivity index (χ1n) is 10.4. The van der Waals surface area contributed by atoms with Gasteiger partial charge in [-0.2, -0.15) is 0 Å². The lowest BCUT2D eigenvalue weighted by atomic mass is 10.1. The Bertz CT molecular complexity index is 1030. The largest absolute Gasteiger partial charge is 0.426 e. The second-order valence-corrected chi connectivity index (χ2v) is 8.03. The quantitative estimate of drug-likeness (QED) is 0.421. The lowest BCUT2D eigenvalue weighted by molar-refractivity contribution is -0.139. The van der Waals surface area contributed by atoms with Gasteiger partial charge in [0.25, 0.3) is 0 Å². The molecule has 2 aromatic carbocycles. The molecule has 2 aliphatic heterocycles. The van der Waals surface area contributed by atoms with Crippen LogP contribution in [0.3, 0.4) is 0 Å². The van der Waals surface area contributed by atoms with Crippen molar-refractivity contribution in [3.63, 3.8) is 0 Å². The molecule has 7 heteroatoms. The van der Waals surface area contributed by atoms with Gasteiger partial charge in [-0.05, 0) is 43.2 Å². The molecule has 2 aromatic rings. The number of aryl methyl sites for hydroxylation is 1. The molecule has 0 spiro atoms. The maximum absolute atomic E-state index is 12.7. The van der Waals surface area contributed by atoms with Crippen LogP contribution in [0, 0.1) is 12.8 Å². The normalized spacial score (nSPS) is 19.8. The van der Waals surface area contributed by atoms with E-state index in [1.54, 1.807) is 30.0 Å². The number of imide groups is 1. The van der Waals surface area contributed by atoms with E-state index in [1.807, 2.05) is 37.3 Å². The summed E-state index contributed by atoms with van der Waals surface area (Å²) < 4.78 is 5.53. The lowest BCUT2D eigenvalue weighted by Gasteiger charge is -2.25. The SMILES string of the molecule is Cc1cc(OC(=O)[C@@H]2CC(=O)N([C@H](C)c3ccccc3)C2)ccc1N1C(=O)CCC1=O. The van der Waals surface area contributed by atoms with Crippen molar-refractivity contribution in [3.05, 3.63) is 59.7 Å². The fraction of sp³-hybridized carbons (Fsp3) is 0.333. The Kier molecular flexibility index (Phi) is 5.59. The highest BCUT2D eigenvalue weighted by molar-refractivity contribution is 6.20. The summed E-state index contributed by atoms with van der Waals surface area (Å²) in [6.07, 6.45) is 0.537. The van der Waals surface area contributed by atoms with Crippen LogP contribution >= 0.6 is 0 Å². The number of carbonyl (C=O) groups is 4. The van der Waals surface area contributed by atoms with Crippen molar-refractivity contribution in [2.24, 2.45) is 5.92 Å². The Hall–Kier alpha value is -3.48. The molecule has 2 heterocycles. The first kappa shape index (κ1) is 20.8. The van der Waals surface area contributed by atoms with Crippen molar-refractivity contribution < 1.29 is 23.9 Å². The molecule has 0 aliphatic carbocycles. The Morgan fingerprint density at radius 2 is 1.68 bits per heavy atom. The van der Waals surface area contributed by atoms with E-state index in [1.165, 1.54) is 4.90 Å². The predicted octanol–water partition coefficient (Wildman–Crippen LogP) is 3.16. The summed E-state index contributed by atoms with van der Waals surface area (Å²) in [7, 11) is 0. The minimum Gasteiger partial charge on any atom is -0.426 e. The third kappa shape index (κ3) is 4.08. The number of likely N-dealkylation sites (tertiary alicyclic amines) is 1. The summed E-state index contributed by atoms with van der Waals surface area (Å²) in [6, 6.07) is 14.4. The Balaban J connectivity index is 1.43. The van der Waals surface area contributed by atoms with Gasteiger partial charge < -0.3 is 9.64 Å². The molecule has 0 N–H and O–H groups in total. The topological polar surface area (TPSA) is 84.0 Å². The van der Waals surface area contributed by atoms with Gasteiger partial charge in [-0.25, -0.2) is 0 Å². The highest BCUT2D eigenvalue weighted by Crippen LogP contribution is 2.31. The molecule has 0 bridgehead atoms. The number of amides is 3. The molecular weight excluding hydrogens is 396 g/mol. The predicted molar refractivity (Wildman–Crippen MR) is 113 cm³/mol. The van der Waals surface area contributed by atoms with E-state index in [9.17, 15) is 19.2 Å². The van der Waals surface area contributed by atoms with Crippen molar-refractivity contribution in [3.8, 4) is 5.75 Å². The van der Waals surface area contributed by atoms with Crippen LogP contribution < -0.4 is 9.64 Å². The number of hydrogen-bond acceptors (Lipinski definition) is 5. The number of rotatable bonds is 5.